The van der Waals surface area contributed by atoms with Gasteiger partial charge in [-0.3, -0.25) is 19.8 Å². The number of piperazine rings is 1. The second-order valence-electron chi connectivity index (χ2n) is 6.48. The number of amides is 1. The summed E-state index contributed by atoms with van der Waals surface area (Å²) in [6, 6.07) is 4.55. The Morgan fingerprint density at radius 3 is 2.46 bits per heavy atom. The SMILES string of the molecule is CNC(=O)c1ccc(N2CCN(C(C)(C)CO)CC2)c([N+](=O)[O-])c1. The number of nitro benzene ring substituents is 1. The number of nitrogens with zero attached hydrogens (tertiary/aromatic N) is 3. The molecule has 1 saturated heterocycles. The van der Waals surface area contributed by atoms with E-state index in [4.69, 9.17) is 0 Å². The zero-order chi connectivity index (χ0) is 17.9. The van der Waals surface area contributed by atoms with Crippen molar-refractivity contribution in [3.63, 3.8) is 0 Å². The molecule has 1 aromatic carbocycles. The number of hydrogen-bond acceptors (Lipinski definition) is 6. The summed E-state index contributed by atoms with van der Waals surface area (Å²) in [5, 5.41) is 23.3. The highest BCUT2D eigenvalue weighted by Crippen LogP contribution is 2.31. The van der Waals surface area contributed by atoms with Crippen LogP contribution in [-0.2, 0) is 0 Å². The molecule has 0 bridgehead atoms. The van der Waals surface area contributed by atoms with Gasteiger partial charge < -0.3 is 15.3 Å². The first-order valence-electron chi connectivity index (χ1n) is 7.91. The van der Waals surface area contributed by atoms with Crippen molar-refractivity contribution in [2.45, 2.75) is 19.4 Å². The fourth-order valence-corrected chi connectivity index (χ4v) is 2.88. The zero-order valence-electron chi connectivity index (χ0n) is 14.3. The monoisotopic (exact) mass is 336 g/mol. The number of hydrogen-bond donors (Lipinski definition) is 2. The van der Waals surface area contributed by atoms with E-state index in [1.54, 1.807) is 12.1 Å². The minimum absolute atomic E-state index is 0.0635. The van der Waals surface area contributed by atoms with Gasteiger partial charge in [-0.15, -0.1) is 0 Å². The summed E-state index contributed by atoms with van der Waals surface area (Å²) in [5.41, 5.74) is 0.425. The van der Waals surface area contributed by atoms with Gasteiger partial charge in [-0.2, -0.15) is 0 Å². The fraction of sp³-hybridized carbons (Fsp3) is 0.562. The first-order chi connectivity index (χ1) is 11.3. The zero-order valence-corrected chi connectivity index (χ0v) is 14.3. The number of benzene rings is 1. The number of nitrogens with one attached hydrogen (secondary N) is 1. The van der Waals surface area contributed by atoms with E-state index in [1.807, 2.05) is 18.7 Å². The third kappa shape index (κ3) is 3.65. The molecule has 8 nitrogen and oxygen atoms in total. The second kappa shape index (κ2) is 7.14. The van der Waals surface area contributed by atoms with Crippen LogP contribution in [0.25, 0.3) is 0 Å². The number of aliphatic hydroxyl groups excluding tert-OH is 1. The van der Waals surface area contributed by atoms with Crippen molar-refractivity contribution in [1.29, 1.82) is 0 Å². The summed E-state index contributed by atoms with van der Waals surface area (Å²) in [4.78, 5) is 26.8. The molecule has 1 aliphatic heterocycles. The molecular formula is C16H24N4O4. The van der Waals surface area contributed by atoms with Gasteiger partial charge in [0.15, 0.2) is 0 Å². The summed E-state index contributed by atoms with van der Waals surface area (Å²) >= 11 is 0. The van der Waals surface area contributed by atoms with Crippen molar-refractivity contribution in [2.75, 3.05) is 44.7 Å². The second-order valence-corrected chi connectivity index (χ2v) is 6.48. The molecule has 24 heavy (non-hydrogen) atoms. The predicted molar refractivity (Wildman–Crippen MR) is 91.4 cm³/mol. The Balaban J connectivity index is 2.21. The molecule has 0 saturated carbocycles. The Hall–Kier alpha value is -2.19. The van der Waals surface area contributed by atoms with Gasteiger partial charge in [0.1, 0.15) is 5.69 Å². The Morgan fingerprint density at radius 1 is 1.33 bits per heavy atom. The lowest BCUT2D eigenvalue weighted by molar-refractivity contribution is -0.384. The van der Waals surface area contributed by atoms with Crippen LogP contribution in [0.5, 0.6) is 0 Å². The number of carbonyl (C=O) groups excluding carboxylic acids is 1. The van der Waals surface area contributed by atoms with Gasteiger partial charge in [-0.05, 0) is 26.0 Å². The molecular weight excluding hydrogens is 312 g/mol. The molecule has 0 spiro atoms. The molecule has 1 heterocycles. The minimum Gasteiger partial charge on any atom is -0.394 e. The van der Waals surface area contributed by atoms with Crippen LogP contribution in [0, 0.1) is 10.1 Å². The topological polar surface area (TPSA) is 99.0 Å². The molecule has 1 aromatic rings. The summed E-state index contributed by atoms with van der Waals surface area (Å²) in [5.74, 6) is -0.348. The largest absolute Gasteiger partial charge is 0.394 e. The third-order valence-corrected chi connectivity index (χ3v) is 4.52. The van der Waals surface area contributed by atoms with Crippen LogP contribution in [0.15, 0.2) is 18.2 Å². The van der Waals surface area contributed by atoms with Crippen LogP contribution >= 0.6 is 0 Å². The van der Waals surface area contributed by atoms with Crippen LogP contribution in [0.3, 0.4) is 0 Å². The quantitative estimate of drug-likeness (QED) is 0.611. The van der Waals surface area contributed by atoms with Gasteiger partial charge in [0.05, 0.1) is 11.5 Å². The third-order valence-electron chi connectivity index (χ3n) is 4.52. The number of rotatable bonds is 5. The predicted octanol–water partition coefficient (Wildman–Crippen LogP) is 0.847. The molecule has 1 amide bonds. The molecule has 0 radical (unpaired) electrons. The molecule has 8 heteroatoms. The van der Waals surface area contributed by atoms with E-state index in [1.165, 1.54) is 13.1 Å². The van der Waals surface area contributed by atoms with Crippen molar-refractivity contribution in [2.24, 2.45) is 0 Å². The van der Waals surface area contributed by atoms with Crippen molar-refractivity contribution >= 4 is 17.3 Å². The molecule has 0 unspecified atom stereocenters. The average Bonchev–Trinajstić information content (AvgIpc) is 2.60. The highest BCUT2D eigenvalue weighted by atomic mass is 16.6. The minimum atomic E-state index is -0.453. The maximum atomic E-state index is 11.7. The fourth-order valence-electron chi connectivity index (χ4n) is 2.88. The normalized spacial score (nSPS) is 16.1. The summed E-state index contributed by atoms with van der Waals surface area (Å²) in [6.07, 6.45) is 0. The highest BCUT2D eigenvalue weighted by Gasteiger charge is 2.31. The summed E-state index contributed by atoms with van der Waals surface area (Å²) < 4.78 is 0. The van der Waals surface area contributed by atoms with Gasteiger partial charge in [0, 0.05) is 50.4 Å². The van der Waals surface area contributed by atoms with Gasteiger partial charge in [-0.1, -0.05) is 0 Å². The van der Waals surface area contributed by atoms with E-state index in [0.29, 0.717) is 31.9 Å². The van der Waals surface area contributed by atoms with Crippen LogP contribution in [0.4, 0.5) is 11.4 Å². The molecule has 0 atom stereocenters. The maximum absolute atomic E-state index is 11.7. The van der Waals surface area contributed by atoms with Crippen molar-refractivity contribution in [1.82, 2.24) is 10.2 Å². The number of nitro groups is 1. The van der Waals surface area contributed by atoms with Crippen molar-refractivity contribution in [3.8, 4) is 0 Å². The molecule has 132 valence electrons. The van der Waals surface area contributed by atoms with Crippen LogP contribution in [0.1, 0.15) is 24.2 Å². The first kappa shape index (κ1) is 18.2. The Labute approximate surface area is 141 Å². The van der Waals surface area contributed by atoms with E-state index in [-0.39, 0.29) is 29.3 Å². The molecule has 2 N–H and O–H groups in total. The summed E-state index contributed by atoms with van der Waals surface area (Å²) in [6.45, 7) is 6.69. The van der Waals surface area contributed by atoms with Gasteiger partial charge in [0.2, 0.25) is 0 Å². The molecule has 1 aliphatic rings. The lowest BCUT2D eigenvalue weighted by Gasteiger charge is -2.43. The molecule has 0 aromatic heterocycles. The van der Waals surface area contributed by atoms with E-state index in [9.17, 15) is 20.0 Å². The van der Waals surface area contributed by atoms with Crippen molar-refractivity contribution < 1.29 is 14.8 Å². The van der Waals surface area contributed by atoms with Gasteiger partial charge in [0.25, 0.3) is 11.6 Å². The Morgan fingerprint density at radius 2 is 1.96 bits per heavy atom. The standard InChI is InChI=1S/C16H24N4O4/c1-16(2,11-21)19-8-6-18(7-9-19)13-5-4-12(15(22)17-3)10-14(13)20(23)24/h4-5,10,21H,6-9,11H2,1-3H3,(H,17,22). The lowest BCUT2D eigenvalue weighted by Crippen LogP contribution is -2.56. The van der Waals surface area contributed by atoms with Crippen LogP contribution in [0.2, 0.25) is 0 Å². The van der Waals surface area contributed by atoms with Crippen LogP contribution < -0.4 is 10.2 Å². The van der Waals surface area contributed by atoms with E-state index < -0.39 is 4.92 Å². The average molecular weight is 336 g/mol. The smallest absolute Gasteiger partial charge is 0.293 e. The van der Waals surface area contributed by atoms with Crippen molar-refractivity contribution in [3.05, 3.63) is 33.9 Å². The number of anilines is 1. The lowest BCUT2D eigenvalue weighted by atomic mass is 10.0. The molecule has 1 fully saturated rings. The summed E-state index contributed by atoms with van der Waals surface area (Å²) in [7, 11) is 1.49. The maximum Gasteiger partial charge on any atom is 0.293 e. The molecule has 0 aliphatic carbocycles. The highest BCUT2D eigenvalue weighted by molar-refractivity contribution is 5.95. The van der Waals surface area contributed by atoms with E-state index in [2.05, 4.69) is 10.2 Å². The first-order valence-corrected chi connectivity index (χ1v) is 7.91. The number of aliphatic hydroxyl groups is 1. The number of carbonyl (C=O) groups is 1. The van der Waals surface area contributed by atoms with Crippen LogP contribution in [-0.4, -0.2) is 66.2 Å². The Kier molecular flexibility index (Phi) is 5.40. The van der Waals surface area contributed by atoms with Gasteiger partial charge >= 0.3 is 0 Å². The van der Waals surface area contributed by atoms with E-state index in [0.717, 1.165) is 0 Å². The Bertz CT molecular complexity index is 625. The van der Waals surface area contributed by atoms with Gasteiger partial charge in [-0.25, -0.2) is 0 Å². The van der Waals surface area contributed by atoms with E-state index >= 15 is 0 Å². The molecule has 2 rings (SSSR count).